The minimum Gasteiger partial charge on any atom is -0.493 e. The molecule has 0 bridgehead atoms. The summed E-state index contributed by atoms with van der Waals surface area (Å²) in [6.07, 6.45) is 0.838. The Morgan fingerprint density at radius 3 is 2.89 bits per heavy atom. The van der Waals surface area contributed by atoms with Crippen LogP contribution in [0.2, 0.25) is 0 Å². The number of carbonyl (C=O) groups excluding carboxylic acids is 1. The molecule has 0 saturated carbocycles. The molecule has 2 heterocycles. The zero-order chi connectivity index (χ0) is 13.2. The van der Waals surface area contributed by atoms with E-state index in [1.54, 1.807) is 18.2 Å². The fourth-order valence-electron chi connectivity index (χ4n) is 2.03. The van der Waals surface area contributed by atoms with Crippen molar-refractivity contribution in [2.75, 3.05) is 13.7 Å². The van der Waals surface area contributed by atoms with Crippen LogP contribution in [0.25, 0.3) is 0 Å². The summed E-state index contributed by atoms with van der Waals surface area (Å²) >= 11 is 0. The molecule has 1 aliphatic heterocycles. The molecule has 0 N–H and O–H groups in total. The van der Waals surface area contributed by atoms with Gasteiger partial charge in [0.15, 0.2) is 0 Å². The maximum atomic E-state index is 12.3. The summed E-state index contributed by atoms with van der Waals surface area (Å²) < 4.78 is 10.3. The van der Waals surface area contributed by atoms with Gasteiger partial charge in [0.2, 0.25) is 11.7 Å². The van der Waals surface area contributed by atoms with Crippen molar-refractivity contribution in [1.29, 1.82) is 0 Å². The topological polar surface area (TPSA) is 61.3 Å². The van der Waals surface area contributed by atoms with E-state index in [9.17, 15) is 4.79 Å². The van der Waals surface area contributed by atoms with Gasteiger partial charge in [0.05, 0.1) is 13.7 Å². The van der Waals surface area contributed by atoms with Gasteiger partial charge in [0.25, 0.3) is 0 Å². The second-order valence-corrected chi connectivity index (χ2v) is 4.21. The van der Waals surface area contributed by atoms with Gasteiger partial charge in [-0.25, -0.2) is 0 Å². The molecule has 2 aromatic rings. The third-order valence-electron chi connectivity index (χ3n) is 3.03. The Morgan fingerprint density at radius 1 is 1.26 bits per heavy atom. The van der Waals surface area contributed by atoms with E-state index in [1.165, 1.54) is 7.11 Å². The molecule has 0 saturated heterocycles. The van der Waals surface area contributed by atoms with Crippen LogP contribution in [0.15, 0.2) is 30.3 Å². The highest BCUT2D eigenvalue weighted by Gasteiger charge is 2.17. The van der Waals surface area contributed by atoms with E-state index >= 15 is 0 Å². The monoisotopic (exact) mass is 256 g/mol. The van der Waals surface area contributed by atoms with Gasteiger partial charge in [-0.2, -0.15) is 0 Å². The van der Waals surface area contributed by atoms with Gasteiger partial charge >= 0.3 is 0 Å². The molecular weight excluding hydrogens is 244 g/mol. The largest absolute Gasteiger partial charge is 0.493 e. The van der Waals surface area contributed by atoms with Crippen LogP contribution in [0.1, 0.15) is 21.6 Å². The first-order chi connectivity index (χ1) is 9.28. The smallest absolute Gasteiger partial charge is 0.233 e. The molecule has 0 amide bonds. The number of carbonyl (C=O) groups is 1. The second-order valence-electron chi connectivity index (χ2n) is 4.21. The Kier molecular flexibility index (Phi) is 2.87. The zero-order valence-electron chi connectivity index (χ0n) is 10.4. The summed E-state index contributed by atoms with van der Waals surface area (Å²) in [5.41, 5.74) is 1.97. The number of rotatable bonds is 3. The summed E-state index contributed by atoms with van der Waals surface area (Å²) in [7, 11) is 1.51. The highest BCUT2D eigenvalue weighted by atomic mass is 16.5. The normalized spacial score (nSPS) is 12.7. The van der Waals surface area contributed by atoms with Gasteiger partial charge in [-0.05, 0) is 29.8 Å². The van der Waals surface area contributed by atoms with E-state index in [1.807, 2.05) is 12.1 Å². The predicted molar refractivity (Wildman–Crippen MR) is 67.7 cm³/mol. The Morgan fingerprint density at radius 2 is 2.16 bits per heavy atom. The molecule has 1 aliphatic rings. The zero-order valence-corrected chi connectivity index (χ0v) is 10.4. The van der Waals surface area contributed by atoms with Gasteiger partial charge in [0, 0.05) is 18.1 Å². The van der Waals surface area contributed by atoms with Gasteiger partial charge < -0.3 is 9.47 Å². The molecule has 1 aromatic carbocycles. The highest BCUT2D eigenvalue weighted by Crippen LogP contribution is 2.26. The molecule has 0 aliphatic carbocycles. The molecule has 5 nitrogen and oxygen atoms in total. The van der Waals surface area contributed by atoms with Crippen molar-refractivity contribution in [2.24, 2.45) is 0 Å². The van der Waals surface area contributed by atoms with Crippen LogP contribution in [0, 0.1) is 0 Å². The van der Waals surface area contributed by atoms with Gasteiger partial charge in [0.1, 0.15) is 11.4 Å². The molecule has 3 rings (SSSR count). The maximum Gasteiger partial charge on any atom is 0.233 e. The number of hydrogen-bond donors (Lipinski definition) is 0. The predicted octanol–water partition coefficient (Wildman–Crippen LogP) is 1.65. The lowest BCUT2D eigenvalue weighted by Crippen LogP contribution is -2.06. The maximum absolute atomic E-state index is 12.3. The van der Waals surface area contributed by atoms with E-state index in [-0.39, 0.29) is 5.78 Å². The molecule has 0 atom stereocenters. The Hall–Kier alpha value is -2.43. The van der Waals surface area contributed by atoms with Crippen molar-refractivity contribution in [3.8, 4) is 11.6 Å². The van der Waals surface area contributed by atoms with Crippen molar-refractivity contribution in [1.82, 2.24) is 10.2 Å². The van der Waals surface area contributed by atoms with Gasteiger partial charge in [-0.15, -0.1) is 10.2 Å². The number of ether oxygens (including phenoxy) is 2. The number of aromatic nitrogens is 2. The van der Waals surface area contributed by atoms with E-state index in [0.29, 0.717) is 23.7 Å². The van der Waals surface area contributed by atoms with Crippen LogP contribution < -0.4 is 9.47 Å². The van der Waals surface area contributed by atoms with Crippen LogP contribution in [-0.2, 0) is 6.42 Å². The fraction of sp³-hybridized carbons (Fsp3) is 0.214. The van der Waals surface area contributed by atoms with Crippen LogP contribution >= 0.6 is 0 Å². The highest BCUT2D eigenvalue weighted by molar-refractivity contribution is 6.07. The molecular formula is C14H12N2O3. The average Bonchev–Trinajstić information content (AvgIpc) is 2.94. The molecule has 19 heavy (non-hydrogen) atoms. The third-order valence-corrected chi connectivity index (χ3v) is 3.03. The lowest BCUT2D eigenvalue weighted by Gasteiger charge is -2.03. The van der Waals surface area contributed by atoms with Crippen molar-refractivity contribution in [2.45, 2.75) is 6.42 Å². The number of methoxy groups -OCH3 is 1. The second kappa shape index (κ2) is 4.68. The summed E-state index contributed by atoms with van der Waals surface area (Å²) in [4.78, 5) is 12.3. The van der Waals surface area contributed by atoms with Crippen LogP contribution in [0.5, 0.6) is 11.6 Å². The minimum atomic E-state index is -0.148. The molecule has 1 aromatic heterocycles. The van der Waals surface area contributed by atoms with Crippen molar-refractivity contribution in [3.63, 3.8) is 0 Å². The third kappa shape index (κ3) is 2.14. The number of fused-ring (bicyclic) bond motifs is 1. The van der Waals surface area contributed by atoms with Gasteiger partial charge in [-0.3, -0.25) is 4.79 Å². The summed E-state index contributed by atoms with van der Waals surface area (Å²) in [6, 6.07) is 8.66. The standard InChI is InChI=1S/C14H12N2O3/c1-18-13-5-3-11(15-16-13)14(17)10-2-4-12-9(8-10)6-7-19-12/h2-5,8H,6-7H2,1H3. The molecule has 0 unspecified atom stereocenters. The first-order valence-corrected chi connectivity index (χ1v) is 5.96. The summed E-state index contributed by atoms with van der Waals surface area (Å²) in [5, 5.41) is 7.66. The minimum absolute atomic E-state index is 0.148. The SMILES string of the molecule is COc1ccc(C(=O)c2ccc3c(c2)CCO3)nn1. The van der Waals surface area contributed by atoms with Crippen LogP contribution in [0.4, 0.5) is 0 Å². The van der Waals surface area contributed by atoms with Crippen molar-refractivity contribution >= 4 is 5.78 Å². The van der Waals surface area contributed by atoms with Crippen LogP contribution in [-0.4, -0.2) is 29.7 Å². The Balaban J connectivity index is 1.90. The molecule has 5 heteroatoms. The van der Waals surface area contributed by atoms with E-state index < -0.39 is 0 Å². The summed E-state index contributed by atoms with van der Waals surface area (Å²) in [6.45, 7) is 0.676. The first-order valence-electron chi connectivity index (χ1n) is 5.96. The quantitative estimate of drug-likeness (QED) is 0.781. The molecule has 0 radical (unpaired) electrons. The Bertz CT molecular complexity index is 623. The lowest BCUT2D eigenvalue weighted by atomic mass is 10.0. The van der Waals surface area contributed by atoms with Crippen molar-refractivity contribution < 1.29 is 14.3 Å². The first kappa shape index (κ1) is 11.6. The number of hydrogen-bond acceptors (Lipinski definition) is 5. The summed E-state index contributed by atoms with van der Waals surface area (Å²) in [5.74, 6) is 1.10. The van der Waals surface area contributed by atoms with Gasteiger partial charge in [-0.1, -0.05) is 0 Å². The van der Waals surface area contributed by atoms with E-state index in [2.05, 4.69) is 10.2 Å². The van der Waals surface area contributed by atoms with E-state index in [0.717, 1.165) is 17.7 Å². The fourth-order valence-corrected chi connectivity index (χ4v) is 2.03. The molecule has 0 spiro atoms. The lowest BCUT2D eigenvalue weighted by molar-refractivity contribution is 0.103. The average molecular weight is 256 g/mol. The van der Waals surface area contributed by atoms with Crippen molar-refractivity contribution in [3.05, 3.63) is 47.2 Å². The number of ketones is 1. The van der Waals surface area contributed by atoms with Crippen LogP contribution in [0.3, 0.4) is 0 Å². The van der Waals surface area contributed by atoms with E-state index in [4.69, 9.17) is 9.47 Å². The molecule has 96 valence electrons. The Labute approximate surface area is 110 Å². The number of benzene rings is 1. The number of nitrogens with zero attached hydrogens (tertiary/aromatic N) is 2. The molecule has 0 fully saturated rings.